The van der Waals surface area contributed by atoms with Crippen molar-refractivity contribution in [3.63, 3.8) is 0 Å². The number of hydrogen-bond acceptors (Lipinski definition) is 5. The summed E-state index contributed by atoms with van der Waals surface area (Å²) >= 11 is 0. The first kappa shape index (κ1) is 11.4. The first-order valence-electron chi connectivity index (χ1n) is 4.34. The standard InChI is InChI=1S/C9H12N2O4/c1-14-6-5-11-8(12)4-3-7(10-11)9(13)15-2/h3-4H,5-6H2,1-2H3. The Morgan fingerprint density at radius 2 is 2.20 bits per heavy atom. The molecule has 0 aliphatic rings. The smallest absolute Gasteiger partial charge is 0.358 e. The summed E-state index contributed by atoms with van der Waals surface area (Å²) in [5, 5.41) is 3.83. The minimum absolute atomic E-state index is 0.105. The van der Waals surface area contributed by atoms with Gasteiger partial charge in [0.2, 0.25) is 0 Å². The molecule has 0 spiro atoms. The lowest BCUT2D eigenvalue weighted by Crippen LogP contribution is -2.26. The average Bonchev–Trinajstić information content (AvgIpc) is 2.27. The molecule has 1 aromatic heterocycles. The Morgan fingerprint density at radius 1 is 1.47 bits per heavy atom. The van der Waals surface area contributed by atoms with E-state index in [9.17, 15) is 9.59 Å². The zero-order valence-corrected chi connectivity index (χ0v) is 8.60. The van der Waals surface area contributed by atoms with E-state index in [1.807, 2.05) is 0 Å². The van der Waals surface area contributed by atoms with Gasteiger partial charge in [0.05, 0.1) is 20.3 Å². The summed E-state index contributed by atoms with van der Waals surface area (Å²) in [4.78, 5) is 22.4. The van der Waals surface area contributed by atoms with Gasteiger partial charge in [-0.05, 0) is 6.07 Å². The van der Waals surface area contributed by atoms with Crippen molar-refractivity contribution in [2.24, 2.45) is 0 Å². The van der Waals surface area contributed by atoms with Crippen LogP contribution in [0.4, 0.5) is 0 Å². The summed E-state index contributed by atoms with van der Waals surface area (Å²) in [5.41, 5.74) is -0.173. The van der Waals surface area contributed by atoms with E-state index in [2.05, 4.69) is 9.84 Å². The maximum Gasteiger partial charge on any atom is 0.358 e. The zero-order chi connectivity index (χ0) is 11.3. The lowest BCUT2D eigenvalue weighted by Gasteiger charge is -2.04. The molecule has 1 aromatic rings. The first-order valence-corrected chi connectivity index (χ1v) is 4.34. The topological polar surface area (TPSA) is 70.4 Å². The highest BCUT2D eigenvalue weighted by Crippen LogP contribution is 1.93. The fourth-order valence-electron chi connectivity index (χ4n) is 1.00. The Hall–Kier alpha value is -1.69. The number of methoxy groups -OCH3 is 2. The molecule has 15 heavy (non-hydrogen) atoms. The Kier molecular flexibility index (Phi) is 3.99. The van der Waals surface area contributed by atoms with E-state index in [0.717, 1.165) is 4.68 Å². The van der Waals surface area contributed by atoms with Gasteiger partial charge in [-0.25, -0.2) is 9.48 Å². The van der Waals surface area contributed by atoms with Crippen LogP contribution in [0.2, 0.25) is 0 Å². The molecule has 0 saturated carbocycles. The predicted molar refractivity (Wildman–Crippen MR) is 51.7 cm³/mol. The van der Waals surface area contributed by atoms with Crippen molar-refractivity contribution in [1.82, 2.24) is 9.78 Å². The molecular formula is C9H12N2O4. The van der Waals surface area contributed by atoms with Crippen molar-refractivity contribution >= 4 is 5.97 Å². The molecule has 1 rings (SSSR count). The number of carbonyl (C=O) groups excluding carboxylic acids is 1. The second kappa shape index (κ2) is 5.26. The summed E-state index contributed by atoms with van der Waals surface area (Å²) < 4.78 is 10.5. The lowest BCUT2D eigenvalue weighted by atomic mass is 10.4. The average molecular weight is 212 g/mol. The summed E-state index contributed by atoms with van der Waals surface area (Å²) in [7, 11) is 2.78. The van der Waals surface area contributed by atoms with Gasteiger partial charge in [-0.15, -0.1) is 0 Å². The molecule has 0 saturated heterocycles. The molecule has 0 fully saturated rings. The minimum Gasteiger partial charge on any atom is -0.464 e. The van der Waals surface area contributed by atoms with E-state index in [1.165, 1.54) is 26.4 Å². The third-order valence-electron chi connectivity index (χ3n) is 1.77. The van der Waals surface area contributed by atoms with E-state index in [-0.39, 0.29) is 11.3 Å². The van der Waals surface area contributed by atoms with Crippen LogP contribution in [-0.2, 0) is 16.0 Å². The molecule has 6 nitrogen and oxygen atoms in total. The number of carbonyl (C=O) groups is 1. The van der Waals surface area contributed by atoms with Gasteiger partial charge in [-0.2, -0.15) is 5.10 Å². The number of rotatable bonds is 4. The molecule has 0 aromatic carbocycles. The molecule has 1 heterocycles. The number of ether oxygens (including phenoxy) is 2. The first-order chi connectivity index (χ1) is 7.19. The molecule has 0 unspecified atom stereocenters. The zero-order valence-electron chi connectivity index (χ0n) is 8.60. The molecule has 82 valence electrons. The molecule has 6 heteroatoms. The SMILES string of the molecule is COCCn1nc(C(=O)OC)ccc1=O. The van der Waals surface area contributed by atoms with E-state index in [0.29, 0.717) is 13.2 Å². The van der Waals surface area contributed by atoms with Crippen LogP contribution in [-0.4, -0.2) is 36.6 Å². The number of nitrogens with zero attached hydrogens (tertiary/aromatic N) is 2. The van der Waals surface area contributed by atoms with Gasteiger partial charge in [0.15, 0.2) is 5.69 Å². The van der Waals surface area contributed by atoms with Crippen LogP contribution < -0.4 is 5.56 Å². The van der Waals surface area contributed by atoms with Gasteiger partial charge in [0, 0.05) is 13.2 Å². The lowest BCUT2D eigenvalue weighted by molar-refractivity contribution is 0.0590. The third kappa shape index (κ3) is 2.88. The second-order valence-corrected chi connectivity index (χ2v) is 2.76. The normalized spacial score (nSPS) is 10.0. The van der Waals surface area contributed by atoms with Crippen molar-refractivity contribution in [2.45, 2.75) is 6.54 Å². The van der Waals surface area contributed by atoms with E-state index < -0.39 is 5.97 Å². The van der Waals surface area contributed by atoms with Crippen LogP contribution in [0.3, 0.4) is 0 Å². The Balaban J connectivity index is 2.95. The third-order valence-corrected chi connectivity index (χ3v) is 1.77. The Bertz CT molecular complexity index is 399. The molecule has 0 aliphatic carbocycles. The summed E-state index contributed by atoms with van der Waals surface area (Å²) in [6.07, 6.45) is 0. The van der Waals surface area contributed by atoms with Crippen LogP contribution >= 0.6 is 0 Å². The van der Waals surface area contributed by atoms with Crippen LogP contribution in [0, 0.1) is 0 Å². The number of aromatic nitrogens is 2. The second-order valence-electron chi connectivity index (χ2n) is 2.76. The molecule has 0 aliphatic heterocycles. The van der Waals surface area contributed by atoms with E-state index in [4.69, 9.17) is 4.74 Å². The Labute approximate surface area is 86.4 Å². The maximum absolute atomic E-state index is 11.3. The van der Waals surface area contributed by atoms with Crippen molar-refractivity contribution in [1.29, 1.82) is 0 Å². The van der Waals surface area contributed by atoms with Gasteiger partial charge >= 0.3 is 5.97 Å². The van der Waals surface area contributed by atoms with Crippen molar-refractivity contribution in [3.8, 4) is 0 Å². The van der Waals surface area contributed by atoms with E-state index in [1.54, 1.807) is 0 Å². The number of hydrogen-bond donors (Lipinski definition) is 0. The molecule has 0 N–H and O–H groups in total. The largest absolute Gasteiger partial charge is 0.464 e. The summed E-state index contributed by atoms with van der Waals surface area (Å²) in [6.45, 7) is 0.664. The highest BCUT2D eigenvalue weighted by molar-refractivity contribution is 5.86. The predicted octanol–water partition coefficient (Wildman–Crippen LogP) is -0.324. The highest BCUT2D eigenvalue weighted by atomic mass is 16.5. The van der Waals surface area contributed by atoms with Crippen LogP contribution in [0.1, 0.15) is 10.5 Å². The van der Waals surface area contributed by atoms with Gasteiger partial charge in [0.1, 0.15) is 0 Å². The summed E-state index contributed by atoms with van der Waals surface area (Å²) in [5.74, 6) is -0.568. The van der Waals surface area contributed by atoms with Crippen molar-refractivity contribution < 1.29 is 14.3 Å². The van der Waals surface area contributed by atoms with Gasteiger partial charge < -0.3 is 9.47 Å². The fraction of sp³-hybridized carbons (Fsp3) is 0.444. The molecule has 0 atom stereocenters. The number of esters is 1. The summed E-state index contributed by atoms with van der Waals surface area (Å²) in [6, 6.07) is 2.60. The minimum atomic E-state index is -0.568. The fourth-order valence-corrected chi connectivity index (χ4v) is 1.00. The van der Waals surface area contributed by atoms with E-state index >= 15 is 0 Å². The van der Waals surface area contributed by atoms with Gasteiger partial charge in [-0.1, -0.05) is 0 Å². The molecule has 0 bridgehead atoms. The van der Waals surface area contributed by atoms with Gasteiger partial charge in [-0.3, -0.25) is 4.79 Å². The monoisotopic (exact) mass is 212 g/mol. The highest BCUT2D eigenvalue weighted by Gasteiger charge is 2.08. The quantitative estimate of drug-likeness (QED) is 0.639. The van der Waals surface area contributed by atoms with Crippen LogP contribution in [0.15, 0.2) is 16.9 Å². The molecule has 0 amide bonds. The van der Waals surface area contributed by atoms with Crippen molar-refractivity contribution in [3.05, 3.63) is 28.2 Å². The van der Waals surface area contributed by atoms with Crippen LogP contribution in [0.25, 0.3) is 0 Å². The molecular weight excluding hydrogens is 200 g/mol. The van der Waals surface area contributed by atoms with Gasteiger partial charge in [0.25, 0.3) is 5.56 Å². The van der Waals surface area contributed by atoms with Crippen molar-refractivity contribution in [2.75, 3.05) is 20.8 Å². The molecule has 0 radical (unpaired) electrons. The maximum atomic E-state index is 11.3. The van der Waals surface area contributed by atoms with Crippen LogP contribution in [0.5, 0.6) is 0 Å². The Morgan fingerprint density at radius 3 is 2.80 bits per heavy atom.